The molecular formula is C44H69NO12. The first-order valence-electron chi connectivity index (χ1n) is 21.1. The SMILES string of the molecule is C=CC[C@@H]1C=C(C)C[C@H](C)C[C@H](OC)[C@H]2O[C@@](O)(C3OC4CCC[C@@H](C(=O)O[C@H](/C(C)=C/[C@@H]5CC[C@@H](O)[C@H](OC)C5)[C@H](C)[C@@H](O)CC1=O)N4C3=O)[C@H](C)C[C@@H]2OC. The van der Waals surface area contributed by atoms with Gasteiger partial charge in [-0.2, -0.15) is 0 Å². The first-order valence-corrected chi connectivity index (χ1v) is 21.1. The number of carbonyl (C=O) groups is 3. The molecule has 57 heavy (non-hydrogen) atoms. The van der Waals surface area contributed by atoms with Gasteiger partial charge in [0.15, 0.2) is 6.10 Å². The normalized spacial score (nSPS) is 43.2. The molecule has 1 saturated carbocycles. The summed E-state index contributed by atoms with van der Waals surface area (Å²) in [5, 5.41) is 34.6. The lowest BCUT2D eigenvalue weighted by Gasteiger charge is -2.48. The average Bonchev–Trinajstić information content (AvgIpc) is 3.53. The fourth-order valence-corrected chi connectivity index (χ4v) is 10.0. The molecule has 3 N–H and O–H groups in total. The van der Waals surface area contributed by atoms with Crippen molar-refractivity contribution in [2.75, 3.05) is 21.3 Å². The lowest BCUT2D eigenvalue weighted by Crippen LogP contribution is -2.64. The number of amides is 1. The van der Waals surface area contributed by atoms with Crippen LogP contribution < -0.4 is 0 Å². The second-order valence-electron chi connectivity index (χ2n) is 17.7. The van der Waals surface area contributed by atoms with Gasteiger partial charge in [-0.15, -0.1) is 6.58 Å². The van der Waals surface area contributed by atoms with Crippen LogP contribution in [0.5, 0.6) is 0 Å². The zero-order valence-corrected chi connectivity index (χ0v) is 35.3. The molecule has 1 aliphatic carbocycles. The maximum atomic E-state index is 14.5. The monoisotopic (exact) mass is 803 g/mol. The molecular weight excluding hydrogens is 734 g/mol. The van der Waals surface area contributed by atoms with Crippen LogP contribution in [-0.4, -0.2) is 126 Å². The van der Waals surface area contributed by atoms with Crippen molar-refractivity contribution in [1.82, 2.24) is 4.90 Å². The molecule has 0 radical (unpaired) electrons. The number of carbonyl (C=O) groups excluding carboxylic acids is 3. The number of cyclic esters (lactones) is 1. The van der Waals surface area contributed by atoms with Crippen molar-refractivity contribution in [3.05, 3.63) is 36.0 Å². The van der Waals surface area contributed by atoms with Gasteiger partial charge in [0, 0.05) is 45.5 Å². The number of ether oxygens (including phenoxy) is 6. The highest BCUT2D eigenvalue weighted by Gasteiger charge is 2.62. The van der Waals surface area contributed by atoms with E-state index in [2.05, 4.69) is 13.5 Å². The van der Waals surface area contributed by atoms with Crippen molar-refractivity contribution in [2.45, 2.75) is 172 Å². The number of nitrogens with zero attached hydrogens (tertiary/aromatic N) is 1. The van der Waals surface area contributed by atoms with Crippen LogP contribution in [0.3, 0.4) is 0 Å². The Hall–Kier alpha value is -2.49. The molecule has 2 unspecified atom stereocenters. The smallest absolute Gasteiger partial charge is 0.329 e. The molecule has 5 rings (SSSR count). The van der Waals surface area contributed by atoms with Crippen molar-refractivity contribution in [3.8, 4) is 0 Å². The number of allylic oxidation sites excluding steroid dienone is 4. The minimum absolute atomic E-state index is 0.0199. The Bertz CT molecular complexity index is 1480. The van der Waals surface area contributed by atoms with Gasteiger partial charge in [-0.05, 0) is 95.5 Å². The highest BCUT2D eigenvalue weighted by molar-refractivity contribution is 5.89. The molecule has 0 aromatic rings. The number of Topliss-reactive ketones (excluding diaryl/α,β-unsaturated/α-hetero) is 1. The number of esters is 1. The van der Waals surface area contributed by atoms with E-state index >= 15 is 0 Å². The predicted molar refractivity (Wildman–Crippen MR) is 211 cm³/mol. The fourth-order valence-electron chi connectivity index (χ4n) is 10.0. The molecule has 0 aromatic heterocycles. The quantitative estimate of drug-likeness (QED) is 0.238. The van der Waals surface area contributed by atoms with Crippen LogP contribution >= 0.6 is 0 Å². The molecule has 4 fully saturated rings. The van der Waals surface area contributed by atoms with Crippen LogP contribution in [0.15, 0.2) is 36.0 Å². The van der Waals surface area contributed by atoms with E-state index in [9.17, 15) is 29.7 Å². The first kappa shape index (κ1) is 45.6. The molecule has 3 saturated heterocycles. The van der Waals surface area contributed by atoms with Crippen molar-refractivity contribution < 1.29 is 58.1 Å². The Morgan fingerprint density at radius 2 is 1.63 bits per heavy atom. The summed E-state index contributed by atoms with van der Waals surface area (Å²) in [5.41, 5.74) is 1.70. The van der Waals surface area contributed by atoms with Gasteiger partial charge in [-0.25, -0.2) is 4.79 Å². The lowest BCUT2D eigenvalue weighted by atomic mass is 9.81. The number of aliphatic hydroxyl groups excluding tert-OH is 2. The van der Waals surface area contributed by atoms with Crippen LogP contribution in [0, 0.1) is 29.6 Å². The molecule has 1 amide bonds. The van der Waals surface area contributed by atoms with Gasteiger partial charge in [0.2, 0.25) is 5.79 Å². The standard InChI is InChI=1S/C44H69NO12/c1-10-12-30-18-24(2)17-25(3)19-36(53-8)40-37(54-9)21-27(5)44(51,57-40)41-42(49)45-31(13-11-14-38(45)55-41)43(50)56-39(28(6)33(47)23-34(30)48)26(4)20-29-15-16-32(46)35(22-29)52-7/h10,18,20,25,27-33,35-41,46-47,51H,1,11-17,19,21-23H2,2-9H3/b24-18?,26-20+/t25-,27+,28+,29-,30+,31-,32+,33-,35+,36-,37-,38?,39+,40+,41?,44+/m0/s1. The van der Waals surface area contributed by atoms with Crippen molar-refractivity contribution in [2.24, 2.45) is 29.6 Å². The Morgan fingerprint density at radius 3 is 2.30 bits per heavy atom. The van der Waals surface area contributed by atoms with E-state index in [0.29, 0.717) is 69.8 Å². The zero-order valence-electron chi connectivity index (χ0n) is 35.3. The van der Waals surface area contributed by atoms with E-state index in [1.165, 1.54) is 4.90 Å². The molecule has 322 valence electrons. The molecule has 16 atom stereocenters. The highest BCUT2D eigenvalue weighted by atomic mass is 16.7. The van der Waals surface area contributed by atoms with E-state index in [1.54, 1.807) is 41.3 Å². The lowest BCUT2D eigenvalue weighted by molar-refractivity contribution is -0.349. The predicted octanol–water partition coefficient (Wildman–Crippen LogP) is 4.79. The Kier molecular flexibility index (Phi) is 15.8. The molecule has 4 aliphatic heterocycles. The molecule has 4 heterocycles. The number of ketones is 1. The van der Waals surface area contributed by atoms with E-state index in [0.717, 1.165) is 5.57 Å². The molecule has 13 heteroatoms. The topological polar surface area (TPSA) is 171 Å². The molecule has 0 aromatic carbocycles. The number of piperidine rings is 1. The van der Waals surface area contributed by atoms with Crippen LogP contribution in [0.4, 0.5) is 0 Å². The average molecular weight is 804 g/mol. The fraction of sp³-hybridized carbons (Fsp3) is 0.795. The van der Waals surface area contributed by atoms with Gasteiger partial charge in [0.05, 0.1) is 30.5 Å². The second-order valence-corrected chi connectivity index (χ2v) is 17.7. The van der Waals surface area contributed by atoms with E-state index in [4.69, 9.17) is 28.4 Å². The number of hydrogen-bond acceptors (Lipinski definition) is 12. The third-order valence-corrected chi connectivity index (χ3v) is 13.4. The minimum atomic E-state index is -2.04. The van der Waals surface area contributed by atoms with E-state index in [1.807, 2.05) is 26.0 Å². The Labute approximate surface area is 339 Å². The highest BCUT2D eigenvalue weighted by Crippen LogP contribution is 2.45. The summed E-state index contributed by atoms with van der Waals surface area (Å²) in [5.74, 6) is -5.08. The van der Waals surface area contributed by atoms with Crippen molar-refractivity contribution in [3.63, 3.8) is 0 Å². The largest absolute Gasteiger partial charge is 0.456 e. The summed E-state index contributed by atoms with van der Waals surface area (Å²) < 4.78 is 36.7. The summed E-state index contributed by atoms with van der Waals surface area (Å²) in [6.45, 7) is 13.4. The number of rotatable bonds is 7. The van der Waals surface area contributed by atoms with Gasteiger partial charge in [0.25, 0.3) is 5.91 Å². The van der Waals surface area contributed by atoms with E-state index in [-0.39, 0.29) is 30.1 Å². The number of aliphatic hydroxyl groups is 3. The van der Waals surface area contributed by atoms with E-state index < -0.39 is 90.4 Å². The molecule has 13 nitrogen and oxygen atoms in total. The minimum Gasteiger partial charge on any atom is -0.456 e. The van der Waals surface area contributed by atoms with Gasteiger partial charge < -0.3 is 48.6 Å². The zero-order chi connectivity index (χ0) is 41.8. The Balaban J connectivity index is 1.54. The van der Waals surface area contributed by atoms with Crippen molar-refractivity contribution >= 4 is 17.7 Å². The number of methoxy groups -OCH3 is 3. The maximum absolute atomic E-state index is 14.5. The summed E-state index contributed by atoms with van der Waals surface area (Å²) in [4.78, 5) is 44.2. The second kappa shape index (κ2) is 19.7. The molecule has 4 bridgehead atoms. The molecule has 5 aliphatic rings. The van der Waals surface area contributed by atoms with Crippen LogP contribution in [-0.2, 0) is 42.8 Å². The van der Waals surface area contributed by atoms with Crippen LogP contribution in [0.1, 0.15) is 105 Å². The number of hydrogen-bond donors (Lipinski definition) is 3. The van der Waals surface area contributed by atoms with Crippen LogP contribution in [0.25, 0.3) is 0 Å². The summed E-state index contributed by atoms with van der Waals surface area (Å²) in [6.07, 6.45) is 3.80. The van der Waals surface area contributed by atoms with Gasteiger partial charge in [0.1, 0.15) is 30.3 Å². The van der Waals surface area contributed by atoms with Gasteiger partial charge in [-0.3, -0.25) is 9.59 Å². The van der Waals surface area contributed by atoms with Crippen LogP contribution in [0.2, 0.25) is 0 Å². The van der Waals surface area contributed by atoms with Crippen molar-refractivity contribution in [1.29, 1.82) is 0 Å². The number of fused-ring (bicyclic) bond motifs is 4. The first-order chi connectivity index (χ1) is 27.1. The van der Waals surface area contributed by atoms with Gasteiger partial charge >= 0.3 is 5.97 Å². The van der Waals surface area contributed by atoms with Gasteiger partial charge in [-0.1, -0.05) is 44.6 Å². The molecule has 0 spiro atoms. The summed E-state index contributed by atoms with van der Waals surface area (Å²) in [6, 6.07) is -1.01. The summed E-state index contributed by atoms with van der Waals surface area (Å²) >= 11 is 0. The third kappa shape index (κ3) is 10.1. The Morgan fingerprint density at radius 1 is 0.947 bits per heavy atom. The maximum Gasteiger partial charge on any atom is 0.329 e. The summed E-state index contributed by atoms with van der Waals surface area (Å²) in [7, 11) is 4.76. The third-order valence-electron chi connectivity index (χ3n) is 13.4.